The van der Waals surface area contributed by atoms with Crippen molar-refractivity contribution in [3.05, 3.63) is 52.3 Å². The third-order valence-corrected chi connectivity index (χ3v) is 7.06. The second kappa shape index (κ2) is 9.74. The Kier molecular flexibility index (Phi) is 7.30. The van der Waals surface area contributed by atoms with Crippen LogP contribution in [0.5, 0.6) is 0 Å². The highest BCUT2D eigenvalue weighted by atomic mass is 79.9. The van der Waals surface area contributed by atoms with E-state index >= 15 is 0 Å². The highest BCUT2D eigenvalue weighted by Crippen LogP contribution is 2.18. The van der Waals surface area contributed by atoms with Crippen LogP contribution in [0.3, 0.4) is 0 Å². The molecule has 30 heavy (non-hydrogen) atoms. The maximum Gasteiger partial charge on any atom is 0.254 e. The first-order valence-electron chi connectivity index (χ1n) is 9.71. The van der Waals surface area contributed by atoms with E-state index in [1.165, 1.54) is 6.20 Å². The zero-order chi connectivity index (χ0) is 21.7. The maximum absolute atomic E-state index is 12.5. The van der Waals surface area contributed by atoms with Gasteiger partial charge in [0.15, 0.2) is 9.84 Å². The summed E-state index contributed by atoms with van der Waals surface area (Å²) in [6.45, 7) is 1.52. The molecule has 8 nitrogen and oxygen atoms in total. The summed E-state index contributed by atoms with van der Waals surface area (Å²) in [5.74, 6) is -0.909. The van der Waals surface area contributed by atoms with Gasteiger partial charge in [0.2, 0.25) is 5.91 Å². The number of sulfone groups is 1. The lowest BCUT2D eigenvalue weighted by Crippen LogP contribution is -2.43. The number of hydrogen-bond donors (Lipinski definition) is 1. The van der Waals surface area contributed by atoms with Crippen molar-refractivity contribution in [1.82, 2.24) is 20.0 Å². The van der Waals surface area contributed by atoms with Crippen molar-refractivity contribution in [2.45, 2.75) is 18.6 Å². The Morgan fingerprint density at radius 3 is 2.63 bits per heavy atom. The number of carbonyl (C=O) groups excluding carboxylic acids is 2. The summed E-state index contributed by atoms with van der Waals surface area (Å²) >= 11 is 3.32. The summed E-state index contributed by atoms with van der Waals surface area (Å²) in [6.07, 6.45) is 4.63. The largest absolute Gasteiger partial charge is 0.352 e. The minimum atomic E-state index is -3.54. The third-order valence-electron chi connectivity index (χ3n) is 5.10. The summed E-state index contributed by atoms with van der Waals surface area (Å²) in [5, 5.41) is 6.88. The summed E-state index contributed by atoms with van der Waals surface area (Å²) in [7, 11) is -1.79. The second-order valence-corrected chi connectivity index (χ2v) is 10.6. The summed E-state index contributed by atoms with van der Waals surface area (Å²) in [5.41, 5.74) is 1.17. The molecule has 0 saturated carbocycles. The van der Waals surface area contributed by atoms with Gasteiger partial charge in [-0.3, -0.25) is 14.3 Å². The van der Waals surface area contributed by atoms with Gasteiger partial charge in [-0.25, -0.2) is 8.42 Å². The number of nitrogens with one attached hydrogen (secondary N) is 1. The molecule has 0 atom stereocenters. The van der Waals surface area contributed by atoms with Crippen LogP contribution in [0.15, 0.2) is 41.1 Å². The zero-order valence-electron chi connectivity index (χ0n) is 16.8. The fourth-order valence-corrected chi connectivity index (χ4v) is 5.27. The van der Waals surface area contributed by atoms with E-state index in [0.29, 0.717) is 30.8 Å². The third kappa shape index (κ3) is 6.40. The monoisotopic (exact) mass is 496 g/mol. The first kappa shape index (κ1) is 22.5. The van der Waals surface area contributed by atoms with E-state index in [0.717, 1.165) is 17.3 Å². The van der Waals surface area contributed by atoms with E-state index in [1.807, 2.05) is 6.07 Å². The van der Waals surface area contributed by atoms with Crippen molar-refractivity contribution >= 4 is 37.6 Å². The molecular weight excluding hydrogens is 472 g/mol. The number of rotatable bonds is 7. The molecule has 1 fully saturated rings. The number of halogens is 1. The Bertz CT molecular complexity index is 1010. The van der Waals surface area contributed by atoms with Gasteiger partial charge in [-0.15, -0.1) is 0 Å². The minimum absolute atomic E-state index is 0.158. The Hall–Kier alpha value is -2.20. The molecule has 0 radical (unpaired) electrons. The van der Waals surface area contributed by atoms with E-state index in [9.17, 15) is 18.0 Å². The van der Waals surface area contributed by atoms with Crippen molar-refractivity contribution in [3.63, 3.8) is 0 Å². The lowest BCUT2D eigenvalue weighted by Gasteiger charge is -2.32. The maximum atomic E-state index is 12.5. The molecule has 0 bridgehead atoms. The van der Waals surface area contributed by atoms with E-state index in [4.69, 9.17) is 0 Å². The molecule has 0 aliphatic carbocycles. The van der Waals surface area contributed by atoms with Crippen LogP contribution < -0.4 is 5.32 Å². The number of aromatic nitrogens is 2. The van der Waals surface area contributed by atoms with Gasteiger partial charge in [-0.2, -0.15) is 5.10 Å². The van der Waals surface area contributed by atoms with Crippen molar-refractivity contribution in [1.29, 1.82) is 0 Å². The van der Waals surface area contributed by atoms with Gasteiger partial charge in [-0.05, 0) is 36.5 Å². The van der Waals surface area contributed by atoms with Crippen molar-refractivity contribution in [2.75, 3.05) is 25.4 Å². The van der Waals surface area contributed by atoms with Crippen molar-refractivity contribution in [3.8, 4) is 0 Å². The topological polar surface area (TPSA) is 101 Å². The van der Waals surface area contributed by atoms with Gasteiger partial charge in [-0.1, -0.05) is 28.1 Å². The molecule has 2 heterocycles. The van der Waals surface area contributed by atoms with Crippen LogP contribution in [0.2, 0.25) is 0 Å². The predicted molar refractivity (Wildman–Crippen MR) is 116 cm³/mol. The molecule has 162 valence electrons. The van der Waals surface area contributed by atoms with Crippen molar-refractivity contribution in [2.24, 2.45) is 13.0 Å². The van der Waals surface area contributed by atoms with Crippen LogP contribution in [0, 0.1) is 5.92 Å². The number of likely N-dealkylation sites (tertiary alicyclic amines) is 1. The highest BCUT2D eigenvalue weighted by Gasteiger charge is 2.27. The van der Waals surface area contributed by atoms with Gasteiger partial charge in [0.05, 0.1) is 17.5 Å². The molecular formula is C20H25BrN4O4S. The predicted octanol–water partition coefficient (Wildman–Crippen LogP) is 1.77. The molecule has 3 rings (SSSR count). The summed E-state index contributed by atoms with van der Waals surface area (Å²) in [6, 6.07) is 7.07. The molecule has 1 aromatic heterocycles. The second-order valence-electron chi connectivity index (χ2n) is 7.60. The molecule has 1 N–H and O–H groups in total. The van der Waals surface area contributed by atoms with E-state index in [1.54, 1.807) is 41.0 Å². The number of aryl methyl sites for hydroxylation is 1. The van der Waals surface area contributed by atoms with Crippen LogP contribution in [0.4, 0.5) is 0 Å². The van der Waals surface area contributed by atoms with Crippen LogP contribution in [-0.4, -0.2) is 60.3 Å². The molecule has 2 amide bonds. The first-order chi connectivity index (χ1) is 14.2. The molecule has 10 heteroatoms. The number of carbonyl (C=O) groups is 2. The van der Waals surface area contributed by atoms with Crippen LogP contribution >= 0.6 is 15.9 Å². The molecule has 2 aromatic rings. The lowest BCUT2D eigenvalue weighted by atomic mass is 9.96. The number of hydrogen-bond acceptors (Lipinski definition) is 5. The normalized spacial score (nSPS) is 15.2. The highest BCUT2D eigenvalue weighted by molar-refractivity contribution is 9.10. The van der Waals surface area contributed by atoms with E-state index < -0.39 is 15.6 Å². The van der Waals surface area contributed by atoms with Crippen LogP contribution in [-0.2, 0) is 27.4 Å². The van der Waals surface area contributed by atoms with Gasteiger partial charge >= 0.3 is 0 Å². The molecule has 1 aliphatic heterocycles. The first-order valence-corrected chi connectivity index (χ1v) is 12.3. The van der Waals surface area contributed by atoms with Crippen LogP contribution in [0.25, 0.3) is 0 Å². The quantitative estimate of drug-likeness (QED) is 0.629. The van der Waals surface area contributed by atoms with Gasteiger partial charge in [0.25, 0.3) is 5.91 Å². The minimum Gasteiger partial charge on any atom is -0.352 e. The average molecular weight is 497 g/mol. The molecule has 1 aromatic carbocycles. The lowest BCUT2D eigenvalue weighted by molar-refractivity contribution is -0.129. The van der Waals surface area contributed by atoms with E-state index in [2.05, 4.69) is 26.3 Å². The number of nitrogens with zero attached hydrogens (tertiary/aromatic N) is 3. The molecule has 1 saturated heterocycles. The number of piperidine rings is 1. The SMILES string of the molecule is Cn1cc(C(=O)NCC2CCN(C(=O)CS(=O)(=O)Cc3cccc(Br)c3)CC2)cn1. The number of benzene rings is 1. The smallest absolute Gasteiger partial charge is 0.254 e. The number of amides is 2. The fourth-order valence-electron chi connectivity index (χ4n) is 3.48. The standard InChI is InChI=1S/C20H25BrN4O4S/c1-24-12-17(11-23-24)20(27)22-10-15-5-7-25(8-6-15)19(26)14-30(28,29)13-16-3-2-4-18(21)9-16/h2-4,9,11-12,15H,5-8,10,13-14H2,1H3,(H,22,27). The van der Waals surface area contributed by atoms with Crippen LogP contribution in [0.1, 0.15) is 28.8 Å². The van der Waals surface area contributed by atoms with Crippen molar-refractivity contribution < 1.29 is 18.0 Å². The Morgan fingerprint density at radius 2 is 2.00 bits per heavy atom. The fraction of sp³-hybridized carbons (Fsp3) is 0.450. The Morgan fingerprint density at radius 1 is 1.27 bits per heavy atom. The molecule has 0 spiro atoms. The summed E-state index contributed by atoms with van der Waals surface area (Å²) in [4.78, 5) is 26.2. The Balaban J connectivity index is 1.43. The molecule has 1 aliphatic rings. The van der Waals surface area contributed by atoms with Gasteiger partial charge < -0.3 is 10.2 Å². The van der Waals surface area contributed by atoms with Gasteiger partial charge in [0, 0.05) is 37.4 Å². The van der Waals surface area contributed by atoms with Gasteiger partial charge in [0.1, 0.15) is 5.75 Å². The molecule has 0 unspecified atom stereocenters. The average Bonchev–Trinajstić information content (AvgIpc) is 3.12. The zero-order valence-corrected chi connectivity index (χ0v) is 19.2. The van der Waals surface area contributed by atoms with E-state index in [-0.39, 0.29) is 23.5 Å². The Labute approximate surface area is 184 Å². The summed E-state index contributed by atoms with van der Waals surface area (Å²) < 4.78 is 27.2.